The Hall–Kier alpha value is -13.5. The van der Waals surface area contributed by atoms with Crippen molar-refractivity contribution in [3.05, 3.63) is 269 Å². The monoisotopic (exact) mass is 1760 g/mol. The number of hydrogen-bond donors (Lipinski definition) is 10. The van der Waals surface area contributed by atoms with Gasteiger partial charge in [-0.2, -0.15) is 0 Å². The minimum Gasteiger partial charge on any atom is -0.383 e. The van der Waals surface area contributed by atoms with Crippen molar-refractivity contribution >= 4 is 69.8 Å². The van der Waals surface area contributed by atoms with Crippen LogP contribution in [0.3, 0.4) is 0 Å². The Labute approximate surface area is 754 Å². The molecule has 12 aliphatic rings. The summed E-state index contributed by atoms with van der Waals surface area (Å²) in [4.78, 5) is 89.7. The highest BCUT2D eigenvalue weighted by Crippen LogP contribution is 2.41. The molecule has 676 valence electrons. The first-order chi connectivity index (χ1) is 63.1. The normalized spacial score (nSPS) is 22.8. The number of anilines is 2. The second kappa shape index (κ2) is 39.2. The molecular weight excluding hydrogens is 1640 g/mol. The molecule has 1 saturated heterocycles. The standard InChI is InChI=1S/C27H30F2N6O.C26H26N6O.C23H30N6O2.C23H30N6O/c1-27(28,29)18-13-11-17(12-14-18)15-16-31-24(32-19-7-4-3-5-8-19)22-23(30)35-21-10-6-9-20(21)33-26(35)34(2)25(22)36;1-31-25(33)22(23(27)29-19-13-6-3-7-14-19)24(28-17-9-12-18-10-4-2-5-11-18)32-21-16-8-15-20(21)30-26(31)32;1-28-22(30)19(20(24)29-18-9-5-8-17(18)27-23(28)29)21(26-16-6-3-2-4-7-16)25-14-15-10-12-31-13-11-15;1-28-22(30)19(20(24)26-16-10-3-2-4-11-16)21(25-14-15-8-5-6-9-15)29-18-13-7-12-17(18)27-23(28)29/h3-5,7-8,11-14,20-21,30-32H,6,9-10,15-16H2,1-2H3;2-7,10-11,13-14,20-21,28H,8,15-17H2,1H3,(H2,27,29);2-4,6-7,15,17-18,24-26H,5,8-14H2,1H3;2-4,10-11,15,17-18,25H,5-9,12-14H2,1H3,(H2,24,26)/b24-22-,30-23?;;21-19-,24-20?;/t2*20-,21+;2*17-,18+/m1111/s1. The molecule has 130 heavy (non-hydrogen) atoms. The van der Waals surface area contributed by atoms with E-state index in [9.17, 15) is 28.0 Å². The summed E-state index contributed by atoms with van der Waals surface area (Å²) in [6.07, 6.45) is 20.2. The molecular formula is C99H116F2N24O5. The van der Waals surface area contributed by atoms with Crippen LogP contribution < -0.4 is 87.1 Å². The quantitative estimate of drug-likeness (QED) is 0.0183. The molecule has 29 nitrogen and oxygen atoms in total. The molecule has 31 heteroatoms. The zero-order chi connectivity index (χ0) is 90.3. The summed E-state index contributed by atoms with van der Waals surface area (Å²) in [5.74, 6) is 8.54. The molecule has 6 fully saturated rings. The first-order valence-corrected chi connectivity index (χ1v) is 45.9. The van der Waals surface area contributed by atoms with E-state index in [4.69, 9.17) is 47.0 Å². The van der Waals surface area contributed by atoms with Crippen molar-refractivity contribution in [2.45, 2.75) is 183 Å². The molecule has 8 aromatic rings. The Kier molecular flexibility index (Phi) is 26.7. The lowest BCUT2D eigenvalue weighted by Gasteiger charge is -2.39. The lowest BCUT2D eigenvalue weighted by atomic mass is 10.0. The summed E-state index contributed by atoms with van der Waals surface area (Å²) in [5, 5.41) is 39.2. The summed E-state index contributed by atoms with van der Waals surface area (Å²) in [6, 6.07) is 55.9. The second-order valence-electron chi connectivity index (χ2n) is 35.5. The number of aromatic nitrogens is 4. The molecule has 5 saturated carbocycles. The van der Waals surface area contributed by atoms with Crippen molar-refractivity contribution in [2.24, 2.45) is 67.4 Å². The van der Waals surface area contributed by atoms with E-state index in [-0.39, 0.29) is 98.7 Å². The van der Waals surface area contributed by atoms with Gasteiger partial charge in [0.25, 0.3) is 28.9 Å². The van der Waals surface area contributed by atoms with Crippen molar-refractivity contribution in [3.63, 3.8) is 0 Å². The molecule has 0 spiro atoms. The summed E-state index contributed by atoms with van der Waals surface area (Å²) in [5.41, 5.74) is 19.7. The van der Waals surface area contributed by atoms with Gasteiger partial charge >= 0.3 is 0 Å². The third-order valence-corrected chi connectivity index (χ3v) is 26.9. The third-order valence-electron chi connectivity index (χ3n) is 26.9. The number of aliphatic imine (C=N–C) groups is 4. The molecule has 8 atom stereocenters. The molecule has 12 N–H and O–H groups in total. The van der Waals surface area contributed by atoms with Gasteiger partial charge in [-0.05, 0) is 187 Å². The lowest BCUT2D eigenvalue weighted by molar-refractivity contribution is -0.124. The van der Waals surface area contributed by atoms with E-state index < -0.39 is 5.92 Å². The smallest absolute Gasteiger partial charge is 0.270 e. The Bertz CT molecular complexity index is 6350. The number of nitrogens with zero attached hydrogens (tertiary/aromatic N) is 14. The van der Waals surface area contributed by atoms with E-state index in [2.05, 4.69) is 63.5 Å². The number of fused-ring (bicyclic) bond motifs is 12. The predicted octanol–water partition coefficient (Wildman–Crippen LogP) is 8.43. The zero-order valence-corrected chi connectivity index (χ0v) is 74.4. The van der Waals surface area contributed by atoms with E-state index in [0.29, 0.717) is 94.1 Å². The maximum absolute atomic E-state index is 13.5. The Morgan fingerprint density at radius 1 is 0.492 bits per heavy atom. The number of carbonyl (C=O) groups excluding carboxylic acids is 2. The van der Waals surface area contributed by atoms with E-state index in [0.717, 1.165) is 157 Å². The second-order valence-corrected chi connectivity index (χ2v) is 35.5. The molecule has 9 heterocycles. The fraction of sp³-hybridized carbons (Fsp3) is 0.414. The van der Waals surface area contributed by atoms with Gasteiger partial charge in [0.15, 0.2) is 0 Å². The van der Waals surface area contributed by atoms with Crippen LogP contribution in [0.25, 0.3) is 11.6 Å². The highest BCUT2D eigenvalue weighted by molar-refractivity contribution is 6.27. The molecule has 20 rings (SSSR count). The van der Waals surface area contributed by atoms with Crippen LogP contribution >= 0.6 is 0 Å². The van der Waals surface area contributed by atoms with Gasteiger partial charge < -0.3 is 48.1 Å². The number of nitrogens with one attached hydrogen (secondary N) is 8. The molecule has 0 unspecified atom stereocenters. The van der Waals surface area contributed by atoms with Crippen molar-refractivity contribution in [1.29, 1.82) is 10.8 Å². The maximum Gasteiger partial charge on any atom is 0.270 e. The number of para-hydroxylation sites is 4. The number of rotatable bonds is 21. The summed E-state index contributed by atoms with van der Waals surface area (Å²) in [7, 11) is 7.00. The molecule has 7 aliphatic heterocycles. The number of amidine groups is 2. The van der Waals surface area contributed by atoms with Crippen LogP contribution in [0, 0.1) is 34.5 Å². The topological polar surface area (TPSA) is 356 Å². The highest BCUT2D eigenvalue weighted by atomic mass is 19.3. The van der Waals surface area contributed by atoms with Crippen LogP contribution in [-0.4, -0.2) is 163 Å². The summed E-state index contributed by atoms with van der Waals surface area (Å²) >= 11 is 0. The Morgan fingerprint density at radius 2 is 0.908 bits per heavy atom. The van der Waals surface area contributed by atoms with Crippen LogP contribution in [-0.2, 0) is 40.8 Å². The number of nitrogens with two attached hydrogens (primary N) is 2. The van der Waals surface area contributed by atoms with Crippen molar-refractivity contribution in [2.75, 3.05) is 64.1 Å². The largest absolute Gasteiger partial charge is 0.383 e. The number of ether oxygens (including phenoxy) is 1. The molecule has 6 aromatic carbocycles. The number of likely N-dealkylation sites (N-methyl/N-ethyl adjacent to an activating group) is 2. The Morgan fingerprint density at radius 3 is 1.37 bits per heavy atom. The van der Waals surface area contributed by atoms with Crippen molar-refractivity contribution < 1.29 is 23.1 Å². The first-order valence-electron chi connectivity index (χ1n) is 45.9. The first kappa shape index (κ1) is 88.5. The van der Waals surface area contributed by atoms with Gasteiger partial charge in [-0.1, -0.05) is 140 Å². The van der Waals surface area contributed by atoms with Crippen molar-refractivity contribution in [3.8, 4) is 11.8 Å². The van der Waals surface area contributed by atoms with Gasteiger partial charge in [-0.3, -0.25) is 67.9 Å². The predicted molar refractivity (Wildman–Crippen MR) is 500 cm³/mol. The fourth-order valence-corrected chi connectivity index (χ4v) is 20.0. The van der Waals surface area contributed by atoms with E-state index in [1.807, 2.05) is 161 Å². The van der Waals surface area contributed by atoms with Crippen molar-refractivity contribution in [1.82, 2.24) is 59.1 Å². The summed E-state index contributed by atoms with van der Waals surface area (Å²) in [6.45, 7) is 4.84. The average Bonchev–Trinajstić information content (AvgIpc) is 1.58. The van der Waals surface area contributed by atoms with Gasteiger partial charge in [0.05, 0.1) is 66.3 Å². The van der Waals surface area contributed by atoms with Crippen LogP contribution in [0.5, 0.6) is 0 Å². The number of carbonyl (C=O) groups is 2. The number of alkyl halides is 2. The number of amides is 2. The van der Waals surface area contributed by atoms with Crippen LogP contribution in [0.1, 0.15) is 151 Å². The molecule has 5 aliphatic carbocycles. The highest BCUT2D eigenvalue weighted by Gasteiger charge is 2.51. The molecule has 0 radical (unpaired) electrons. The maximum atomic E-state index is 13.5. The SMILES string of the molecule is CN1C(=O)C(C(N)=Nc2ccccc2)=C(NCC#Cc2ccccc2)N2C1=N[C@@H]1CCC[C@@H]12.CN1C(=O)C(C(N)=Nc2ccccc2)=C(NCC2CCCC2)N2C1=N[C@@H]1CCC[C@@H]12.Cn1c(=O)/c(=C(/NCC2CCOCC2)Nc2ccccc2)c(=N)n2c1=N[C@@H]1CCC[C@@H]12.Cn1c(=O)/c(=C(/NCCc2ccc(C(C)(F)F)cc2)Nc2ccccc2)c(=N)n2c1=N[C@@H]1CCC[C@@H]12. The summed E-state index contributed by atoms with van der Waals surface area (Å²) < 4.78 is 39.6. The van der Waals surface area contributed by atoms with E-state index >= 15 is 0 Å². The van der Waals surface area contributed by atoms with Crippen LogP contribution in [0.15, 0.2) is 238 Å². The van der Waals surface area contributed by atoms with Gasteiger partial charge in [-0.15, -0.1) is 0 Å². The molecule has 2 amide bonds. The fourth-order valence-electron chi connectivity index (χ4n) is 20.0. The van der Waals surface area contributed by atoms with Crippen LogP contribution in [0.4, 0.5) is 31.5 Å². The molecule has 0 bridgehead atoms. The minimum atomic E-state index is -2.88. The number of guanidine groups is 2. The van der Waals surface area contributed by atoms with Gasteiger partial charge in [0.2, 0.25) is 23.2 Å². The minimum absolute atomic E-state index is 0.0228. The Balaban J connectivity index is 0.000000122. The lowest BCUT2D eigenvalue weighted by Crippen LogP contribution is -2.59. The number of benzene rings is 6. The van der Waals surface area contributed by atoms with Gasteiger partial charge in [0, 0.05) is 90.5 Å². The van der Waals surface area contributed by atoms with Gasteiger partial charge in [-0.25, -0.2) is 38.7 Å². The zero-order valence-electron chi connectivity index (χ0n) is 74.4. The van der Waals surface area contributed by atoms with E-state index in [1.165, 1.54) is 48.8 Å². The average molecular weight is 1760 g/mol. The molecule has 2 aromatic heterocycles. The van der Waals surface area contributed by atoms with Crippen LogP contribution in [0.2, 0.25) is 0 Å². The number of hydrogen-bond acceptors (Lipinski definition) is 21. The van der Waals surface area contributed by atoms with Gasteiger partial charge in [0.1, 0.15) is 67.5 Å². The number of halogens is 2. The van der Waals surface area contributed by atoms with E-state index in [1.54, 1.807) is 54.7 Å². The third kappa shape index (κ3) is 18.7.